The Balaban J connectivity index is 0.000000156. The molecule has 0 aliphatic heterocycles. The van der Waals surface area contributed by atoms with E-state index in [2.05, 4.69) is 241 Å². The maximum absolute atomic E-state index is 11.4. The Bertz CT molecular complexity index is 5560. The lowest BCUT2D eigenvalue weighted by Crippen LogP contribution is -2.24. The zero-order valence-corrected chi connectivity index (χ0v) is 69.9. The van der Waals surface area contributed by atoms with Crippen LogP contribution < -0.4 is 0 Å². The molecule has 0 fully saturated rings. The van der Waals surface area contributed by atoms with Crippen LogP contribution in [0.2, 0.25) is 0 Å². The molecule has 4 atom stereocenters. The Morgan fingerprint density at radius 1 is 0.456 bits per heavy atom. The number of hydrogen-bond acceptors (Lipinski definition) is 6. The molecule has 8 aromatic carbocycles. The minimum absolute atomic E-state index is 0.242. The number of fused-ring (bicyclic) bond motifs is 5. The van der Waals surface area contributed by atoms with Gasteiger partial charge in [-0.25, -0.2) is 0 Å². The van der Waals surface area contributed by atoms with Gasteiger partial charge in [0.15, 0.2) is 0 Å². The van der Waals surface area contributed by atoms with E-state index in [4.69, 9.17) is 9.11 Å². The first kappa shape index (κ1) is 85.8. The lowest BCUT2D eigenvalue weighted by molar-refractivity contribution is 0.360. The van der Waals surface area contributed by atoms with Crippen LogP contribution in [0.3, 0.4) is 0 Å². The molecule has 6 aliphatic carbocycles. The van der Waals surface area contributed by atoms with Crippen LogP contribution in [0.5, 0.6) is 0 Å². The Kier molecular flexibility index (Phi) is 31.2. The van der Waals surface area contributed by atoms with Crippen LogP contribution in [0, 0.1) is 23.7 Å². The molecule has 12 heteroatoms. The van der Waals surface area contributed by atoms with Gasteiger partial charge in [-0.3, -0.25) is 13.7 Å². The van der Waals surface area contributed by atoms with Gasteiger partial charge in [0.05, 0.1) is 14.7 Å². The van der Waals surface area contributed by atoms with E-state index in [0.29, 0.717) is 36.5 Å². The third-order valence-electron chi connectivity index (χ3n) is 22.8. The van der Waals surface area contributed by atoms with Crippen LogP contribution in [0.4, 0.5) is 0 Å². The lowest BCUT2D eigenvalue weighted by Gasteiger charge is -2.36. The zero-order valence-electron chi connectivity index (χ0n) is 67.5. The summed E-state index contributed by atoms with van der Waals surface area (Å²) in [6.07, 6.45) is 86.2. The van der Waals surface area contributed by atoms with Crippen molar-refractivity contribution in [3.8, 4) is 0 Å². The number of allylic oxidation sites excluding steroid dienone is 36. The minimum Gasteiger partial charge on any atom is -0.282 e. The van der Waals surface area contributed by atoms with Crippen molar-refractivity contribution in [2.24, 2.45) is 23.7 Å². The second kappa shape index (κ2) is 41.5. The van der Waals surface area contributed by atoms with Crippen molar-refractivity contribution in [1.82, 2.24) is 0 Å². The first-order valence-electron chi connectivity index (χ1n) is 41.7. The molecule has 6 aliphatic rings. The van der Waals surface area contributed by atoms with E-state index in [1.807, 2.05) is 6.92 Å². The standard InChI is InChI=1S/C40H42.C28H14.C17H24O9S3.C17H36/c1-29-11-3-5-15-31-23-34-19-9-21-38-28-40-26-36-18-8-14-30(2)12-4-6-16-32(36)25-39(40)27-37(38)22-10-20-35(34)24-33(31)17-7-13-29;1-3-15-7-9-19-14-22-12-18-6-2-4-16-8-10-20-13-21-11-17(5-1)23(15)25(19)27(21)28(22)26(20)24(16)18;1-3-5-10-16(28(21,22)23)11-8-6-7-9-12-17(29(24,25)26)14-13-15(4-2)27(18,19)20;1-3-5-7-9-11-13-15-17-16-14-12-10-8-6-4-2/h3-10,13-14,17-24,26-27,32,34,36,39H,11-12,15-16,25,28H2,1-2H3;1-14H;4,8-14H,2-3,5-7H2,1H3,(H,18,19,20)(H,21,22,23)(H,24,25,26);3-17H2,1-2H3/b5-3+,6-4+,17-7+,18-8+,19-9+,22-10+,29-13-,30-14-,35-20-,38-21-;;11-8+,12-9+,15-13-,16-10-,17-14-;. The molecular formula is C102H116O9S3. The normalized spacial score (nSPS) is 22.7. The second-order valence-electron chi connectivity index (χ2n) is 31.5. The Morgan fingerprint density at radius 3 is 1.48 bits per heavy atom. The molecule has 3 N–H and O–H groups in total. The maximum Gasteiger partial charge on any atom is 0.294 e. The van der Waals surface area contributed by atoms with Crippen LogP contribution in [0.25, 0.3) is 75.4 Å². The van der Waals surface area contributed by atoms with Gasteiger partial charge < -0.3 is 0 Å². The topological polar surface area (TPSA) is 163 Å². The molecule has 4 unspecified atom stereocenters. The van der Waals surface area contributed by atoms with E-state index in [-0.39, 0.29) is 17.7 Å². The van der Waals surface area contributed by atoms with Crippen molar-refractivity contribution >= 4 is 106 Å². The molecule has 0 amide bonds. The van der Waals surface area contributed by atoms with E-state index < -0.39 is 40.2 Å². The quantitative estimate of drug-likeness (QED) is 0.0120. The predicted octanol–water partition coefficient (Wildman–Crippen LogP) is 28.8. The molecule has 0 radical (unpaired) electrons. The van der Waals surface area contributed by atoms with Gasteiger partial charge in [-0.05, 0) is 247 Å². The summed E-state index contributed by atoms with van der Waals surface area (Å²) >= 11 is 0. The summed E-state index contributed by atoms with van der Waals surface area (Å²) in [5, 5.41) is 19.3. The van der Waals surface area contributed by atoms with Crippen molar-refractivity contribution < 1.29 is 38.9 Å². The molecule has 0 bridgehead atoms. The minimum atomic E-state index is -4.67. The fourth-order valence-electron chi connectivity index (χ4n) is 16.7. The number of unbranched alkanes of at least 4 members (excludes halogenated alkanes) is 16. The molecule has 114 heavy (non-hydrogen) atoms. The van der Waals surface area contributed by atoms with E-state index in [0.717, 1.165) is 50.0 Å². The van der Waals surface area contributed by atoms with E-state index in [1.165, 1.54) is 248 Å². The summed E-state index contributed by atoms with van der Waals surface area (Å²) in [5.41, 5.74) is 11.4. The summed E-state index contributed by atoms with van der Waals surface area (Å²) in [6, 6.07) is 32.1. The summed E-state index contributed by atoms with van der Waals surface area (Å²) in [7, 11) is -13.6. The molecular weight excluding hydrogens is 1470 g/mol. The van der Waals surface area contributed by atoms with Gasteiger partial charge in [-0.15, -0.1) is 0 Å². The monoisotopic (exact) mass is 1580 g/mol. The van der Waals surface area contributed by atoms with Crippen molar-refractivity contribution in [2.45, 2.75) is 195 Å². The van der Waals surface area contributed by atoms with Crippen LogP contribution in [0.1, 0.15) is 195 Å². The fraction of sp³-hybridized carbons (Fsp3) is 0.333. The van der Waals surface area contributed by atoms with Gasteiger partial charge in [0, 0.05) is 5.92 Å². The third-order valence-corrected chi connectivity index (χ3v) is 25.5. The summed E-state index contributed by atoms with van der Waals surface area (Å²) in [5.74, 6) is 2.05. The Labute approximate surface area is 679 Å². The van der Waals surface area contributed by atoms with E-state index in [9.17, 15) is 29.8 Å². The second-order valence-corrected chi connectivity index (χ2v) is 35.8. The van der Waals surface area contributed by atoms with Crippen molar-refractivity contribution in [3.63, 3.8) is 0 Å². The highest BCUT2D eigenvalue weighted by molar-refractivity contribution is 7.90. The van der Waals surface area contributed by atoms with E-state index in [1.54, 1.807) is 5.57 Å². The highest BCUT2D eigenvalue weighted by Gasteiger charge is 2.32. The SMILES string of the molecule is C/C1=C/C=C/C2=C\C3=C\C=C\C4=CC5CC6C/C=C/C/C(C)=C\C=C\C6C=C5C/C4=C/C=C/C3C=C2C/C=C/C1.C=C/C(=C/C=C(/C=C/CC/C=C/C(=C/CCC)S(=O)(=O)O)S(=O)(=O)O)S(=O)(=O)O.CCCCCCCCCCCCCCCCC.c1cc2ccc3cc4cc5cccc6ccc7cc8cc(c1)c2c3c8c4c7c65. The molecule has 0 aromatic heterocycles. The summed E-state index contributed by atoms with van der Waals surface area (Å²) < 4.78 is 94.4. The highest BCUT2D eigenvalue weighted by atomic mass is 32.2. The zero-order chi connectivity index (χ0) is 80.6. The molecule has 0 spiro atoms. The number of benzene rings is 8. The van der Waals surface area contributed by atoms with E-state index >= 15 is 0 Å². The third kappa shape index (κ3) is 23.1. The van der Waals surface area contributed by atoms with Crippen molar-refractivity contribution in [1.29, 1.82) is 0 Å². The van der Waals surface area contributed by atoms with Gasteiger partial charge >= 0.3 is 0 Å². The average molecular weight is 1580 g/mol. The number of hydrogen-bond donors (Lipinski definition) is 3. The first-order chi connectivity index (χ1) is 55.1. The van der Waals surface area contributed by atoms with Gasteiger partial charge in [0.25, 0.3) is 30.4 Å². The lowest BCUT2D eigenvalue weighted by atomic mass is 9.68. The Hall–Kier alpha value is -9.11. The molecule has 596 valence electrons. The van der Waals surface area contributed by atoms with Crippen LogP contribution >= 0.6 is 0 Å². The van der Waals surface area contributed by atoms with Crippen LogP contribution in [-0.2, 0) is 30.4 Å². The molecule has 8 aromatic rings. The molecule has 14 rings (SSSR count). The average Bonchev–Trinajstić information content (AvgIpc) is 0.690. The fourth-order valence-corrected chi connectivity index (χ4v) is 18.3. The van der Waals surface area contributed by atoms with Crippen molar-refractivity contribution in [2.75, 3.05) is 0 Å². The maximum atomic E-state index is 11.4. The number of rotatable bonds is 26. The van der Waals surface area contributed by atoms with Gasteiger partial charge in [0.1, 0.15) is 0 Å². The van der Waals surface area contributed by atoms with Gasteiger partial charge in [0.2, 0.25) is 0 Å². The molecule has 0 heterocycles. The van der Waals surface area contributed by atoms with Crippen LogP contribution in [0.15, 0.2) is 321 Å². The molecule has 0 saturated carbocycles. The summed E-state index contributed by atoms with van der Waals surface area (Å²) in [6.45, 7) is 14.0. The highest BCUT2D eigenvalue weighted by Crippen LogP contribution is 2.49. The van der Waals surface area contributed by atoms with Crippen molar-refractivity contribution in [3.05, 3.63) is 321 Å². The van der Waals surface area contributed by atoms with Gasteiger partial charge in [-0.2, -0.15) is 25.3 Å². The largest absolute Gasteiger partial charge is 0.294 e. The smallest absolute Gasteiger partial charge is 0.282 e. The first-order valence-corrected chi connectivity index (χ1v) is 46.0. The van der Waals surface area contributed by atoms with Gasteiger partial charge in [-0.1, -0.05) is 347 Å². The van der Waals surface area contributed by atoms with Crippen LogP contribution in [-0.4, -0.2) is 38.9 Å². The predicted molar refractivity (Wildman–Crippen MR) is 487 cm³/mol. The summed E-state index contributed by atoms with van der Waals surface area (Å²) in [4.78, 5) is -1.54. The molecule has 0 saturated heterocycles. The molecule has 9 nitrogen and oxygen atoms in total. The Morgan fingerprint density at radius 2 is 0.930 bits per heavy atom.